The van der Waals surface area contributed by atoms with E-state index in [2.05, 4.69) is 10.4 Å². The minimum Gasteiger partial charge on any atom is -0.505 e. The number of rotatable bonds is 4. The number of hydrogen-bond acceptors (Lipinski definition) is 5. The van der Waals surface area contributed by atoms with Crippen LogP contribution in [0.5, 0.6) is 5.75 Å². The van der Waals surface area contributed by atoms with Crippen molar-refractivity contribution in [1.82, 2.24) is 9.78 Å². The van der Waals surface area contributed by atoms with E-state index < -0.39 is 23.2 Å². The van der Waals surface area contributed by atoms with Crippen LogP contribution in [0.15, 0.2) is 59.4 Å². The van der Waals surface area contributed by atoms with Gasteiger partial charge in [0.25, 0.3) is 11.5 Å². The van der Waals surface area contributed by atoms with E-state index in [1.807, 2.05) is 13.0 Å². The van der Waals surface area contributed by atoms with E-state index in [-0.39, 0.29) is 11.3 Å². The fourth-order valence-electron chi connectivity index (χ4n) is 2.44. The van der Waals surface area contributed by atoms with Crippen LogP contribution in [0, 0.1) is 6.92 Å². The van der Waals surface area contributed by atoms with Gasteiger partial charge in [-0.15, -0.1) is 0 Å². The largest absolute Gasteiger partial charge is 0.505 e. The summed E-state index contributed by atoms with van der Waals surface area (Å²) in [6.45, 7) is 1.85. The molecule has 27 heavy (non-hydrogen) atoms. The van der Waals surface area contributed by atoms with E-state index in [1.54, 1.807) is 18.2 Å². The average molecular weight is 365 g/mol. The Hall–Kier alpha value is -3.94. The number of nitrogens with zero attached hydrogens (tertiary/aromatic N) is 2. The third kappa shape index (κ3) is 3.84. The molecule has 0 radical (unpaired) electrons. The Morgan fingerprint density at radius 3 is 2.41 bits per heavy atom. The summed E-state index contributed by atoms with van der Waals surface area (Å²) in [5.41, 5.74) is 0.832. The lowest BCUT2D eigenvalue weighted by Gasteiger charge is -2.10. The second kappa shape index (κ2) is 7.12. The Morgan fingerprint density at radius 1 is 1.07 bits per heavy atom. The van der Waals surface area contributed by atoms with Crippen LogP contribution in [0.3, 0.4) is 0 Å². The number of hydrogen-bond donors (Lipinski definition) is 3. The molecule has 8 nitrogen and oxygen atoms in total. The number of nitrogens with one attached hydrogen (secondary N) is 1. The summed E-state index contributed by atoms with van der Waals surface area (Å²) < 4.78 is 1.02. The molecule has 0 aliphatic carbocycles. The molecule has 0 fully saturated rings. The van der Waals surface area contributed by atoms with Crippen LogP contribution >= 0.6 is 0 Å². The Morgan fingerprint density at radius 2 is 1.78 bits per heavy atom. The molecule has 3 rings (SSSR count). The molecule has 3 aromatic rings. The zero-order valence-corrected chi connectivity index (χ0v) is 14.2. The van der Waals surface area contributed by atoms with Gasteiger partial charge in [0.05, 0.1) is 11.3 Å². The molecule has 2 aromatic carbocycles. The van der Waals surface area contributed by atoms with Crippen molar-refractivity contribution in [3.8, 4) is 11.4 Å². The van der Waals surface area contributed by atoms with Gasteiger partial charge < -0.3 is 15.5 Å². The molecule has 0 saturated heterocycles. The molecule has 0 bridgehead atoms. The number of anilines is 1. The number of aromatic carboxylic acids is 1. The van der Waals surface area contributed by atoms with Crippen LogP contribution in [-0.4, -0.2) is 31.9 Å². The minimum absolute atomic E-state index is 0.0713. The monoisotopic (exact) mass is 365 g/mol. The van der Waals surface area contributed by atoms with Gasteiger partial charge in [0.15, 0.2) is 11.4 Å². The van der Waals surface area contributed by atoms with E-state index in [9.17, 15) is 19.5 Å². The van der Waals surface area contributed by atoms with Crippen molar-refractivity contribution in [1.29, 1.82) is 0 Å². The standard InChI is InChI=1S/C19H15N3O5/c1-11-3-2-4-14(9-11)22-16(24)10-15(23)17(21-22)18(25)20-13-7-5-12(6-8-13)19(26)27/h2-10,23H,1H3,(H,20,25)(H,26,27). The maximum absolute atomic E-state index is 12.5. The van der Waals surface area contributed by atoms with Crippen molar-refractivity contribution < 1.29 is 19.8 Å². The molecule has 0 unspecified atom stereocenters. The normalized spacial score (nSPS) is 10.4. The van der Waals surface area contributed by atoms with Crippen molar-refractivity contribution in [2.75, 3.05) is 5.32 Å². The zero-order chi connectivity index (χ0) is 19.6. The highest BCUT2D eigenvalue weighted by atomic mass is 16.4. The van der Waals surface area contributed by atoms with Gasteiger partial charge >= 0.3 is 5.97 Å². The fraction of sp³-hybridized carbons (Fsp3) is 0.0526. The van der Waals surface area contributed by atoms with Gasteiger partial charge in [0, 0.05) is 11.8 Å². The van der Waals surface area contributed by atoms with Gasteiger partial charge in [-0.1, -0.05) is 12.1 Å². The number of aryl methyl sites for hydroxylation is 1. The molecule has 0 saturated carbocycles. The van der Waals surface area contributed by atoms with Crippen molar-refractivity contribution >= 4 is 17.6 Å². The van der Waals surface area contributed by atoms with Crippen molar-refractivity contribution in [3.05, 3.63) is 81.8 Å². The molecular formula is C19H15N3O5. The summed E-state index contributed by atoms with van der Waals surface area (Å²) in [6.07, 6.45) is 0. The maximum Gasteiger partial charge on any atom is 0.335 e. The number of benzene rings is 2. The smallest absolute Gasteiger partial charge is 0.335 e. The lowest BCUT2D eigenvalue weighted by molar-refractivity contribution is 0.0696. The summed E-state index contributed by atoms with van der Waals surface area (Å²) in [6, 6.07) is 13.4. The van der Waals surface area contributed by atoms with Gasteiger partial charge in [-0.05, 0) is 48.9 Å². The van der Waals surface area contributed by atoms with Crippen LogP contribution < -0.4 is 10.9 Å². The van der Waals surface area contributed by atoms with E-state index in [0.717, 1.165) is 16.3 Å². The van der Waals surface area contributed by atoms with Crippen molar-refractivity contribution in [2.24, 2.45) is 0 Å². The molecule has 0 atom stereocenters. The molecule has 0 aliphatic heterocycles. The third-order valence-electron chi connectivity index (χ3n) is 3.76. The summed E-state index contributed by atoms with van der Waals surface area (Å²) in [7, 11) is 0. The lowest BCUT2D eigenvalue weighted by atomic mass is 10.2. The Kier molecular flexibility index (Phi) is 4.71. The van der Waals surface area contributed by atoms with Gasteiger partial charge in [0.2, 0.25) is 0 Å². The number of carboxylic acid groups (broad SMARTS) is 1. The second-order valence-electron chi connectivity index (χ2n) is 5.80. The quantitative estimate of drug-likeness (QED) is 0.652. The Balaban J connectivity index is 1.93. The van der Waals surface area contributed by atoms with Crippen LogP contribution in [-0.2, 0) is 0 Å². The van der Waals surface area contributed by atoms with Crippen LogP contribution in [0.25, 0.3) is 5.69 Å². The highest BCUT2D eigenvalue weighted by Gasteiger charge is 2.17. The van der Waals surface area contributed by atoms with Crippen LogP contribution in [0.1, 0.15) is 26.4 Å². The van der Waals surface area contributed by atoms with E-state index in [0.29, 0.717) is 11.4 Å². The van der Waals surface area contributed by atoms with Gasteiger partial charge in [-0.2, -0.15) is 9.78 Å². The number of aromatic nitrogens is 2. The Labute approximate surface area is 153 Å². The van der Waals surface area contributed by atoms with Crippen LogP contribution in [0.2, 0.25) is 0 Å². The maximum atomic E-state index is 12.5. The molecule has 136 valence electrons. The number of carbonyl (C=O) groups is 2. The molecule has 1 heterocycles. The predicted molar refractivity (Wildman–Crippen MR) is 97.6 cm³/mol. The zero-order valence-electron chi connectivity index (χ0n) is 14.2. The van der Waals surface area contributed by atoms with Gasteiger partial charge in [-0.25, -0.2) is 4.79 Å². The number of carbonyl (C=O) groups excluding carboxylic acids is 1. The number of amides is 1. The fourth-order valence-corrected chi connectivity index (χ4v) is 2.44. The first-order valence-electron chi connectivity index (χ1n) is 7.90. The summed E-state index contributed by atoms with van der Waals surface area (Å²) in [4.78, 5) is 35.5. The summed E-state index contributed by atoms with van der Waals surface area (Å²) in [5, 5.41) is 25.3. The topological polar surface area (TPSA) is 122 Å². The lowest BCUT2D eigenvalue weighted by Crippen LogP contribution is -2.25. The second-order valence-corrected chi connectivity index (χ2v) is 5.80. The van der Waals surface area contributed by atoms with Crippen LogP contribution in [0.4, 0.5) is 5.69 Å². The highest BCUT2D eigenvalue weighted by molar-refractivity contribution is 6.04. The number of carboxylic acids is 1. The molecule has 3 N–H and O–H groups in total. The number of aromatic hydroxyl groups is 1. The van der Waals surface area contributed by atoms with Gasteiger partial charge in [-0.3, -0.25) is 9.59 Å². The summed E-state index contributed by atoms with van der Waals surface area (Å²) >= 11 is 0. The first kappa shape index (κ1) is 17.9. The molecule has 1 amide bonds. The van der Waals surface area contributed by atoms with E-state index in [1.165, 1.54) is 24.3 Å². The first-order chi connectivity index (χ1) is 12.8. The Bertz CT molecular complexity index is 1090. The first-order valence-corrected chi connectivity index (χ1v) is 7.90. The van der Waals surface area contributed by atoms with Gasteiger partial charge in [0.1, 0.15) is 0 Å². The average Bonchev–Trinajstić information content (AvgIpc) is 2.62. The molecule has 8 heteroatoms. The molecule has 0 spiro atoms. The summed E-state index contributed by atoms with van der Waals surface area (Å²) in [5.74, 6) is -2.38. The third-order valence-corrected chi connectivity index (χ3v) is 3.76. The predicted octanol–water partition coefficient (Wildman–Crippen LogP) is 2.20. The molecular weight excluding hydrogens is 350 g/mol. The molecule has 1 aromatic heterocycles. The molecule has 0 aliphatic rings. The van der Waals surface area contributed by atoms with E-state index >= 15 is 0 Å². The SMILES string of the molecule is Cc1cccc(-n2nc(C(=O)Nc3ccc(C(=O)O)cc3)c(O)cc2=O)c1. The van der Waals surface area contributed by atoms with E-state index in [4.69, 9.17) is 5.11 Å². The van der Waals surface area contributed by atoms with Crippen molar-refractivity contribution in [2.45, 2.75) is 6.92 Å². The minimum atomic E-state index is -1.09. The van der Waals surface area contributed by atoms with Crippen molar-refractivity contribution in [3.63, 3.8) is 0 Å². The highest BCUT2D eigenvalue weighted by Crippen LogP contribution is 2.16.